The van der Waals surface area contributed by atoms with Crippen molar-refractivity contribution in [3.63, 3.8) is 0 Å². The minimum Gasteiger partial charge on any atom is -0.371 e. The number of benzene rings is 1. The van der Waals surface area contributed by atoms with Gasteiger partial charge in [0.25, 0.3) is 16.8 Å². The number of piperazine rings is 1. The van der Waals surface area contributed by atoms with E-state index in [4.69, 9.17) is 5.26 Å². The van der Waals surface area contributed by atoms with Crippen molar-refractivity contribution in [1.29, 1.82) is 5.26 Å². The molecule has 1 aromatic heterocycles. The van der Waals surface area contributed by atoms with Gasteiger partial charge in [0.15, 0.2) is 0 Å². The van der Waals surface area contributed by atoms with Crippen molar-refractivity contribution in [2.24, 2.45) is 0 Å². The normalized spacial score (nSPS) is 20.0. The molecule has 2 atom stereocenters. The fraction of sp³-hybridized carbons (Fsp3) is 0.452. The average Bonchev–Trinajstić information content (AvgIpc) is 3.00. The number of nitrogens with one attached hydrogen (secondary N) is 2. The van der Waals surface area contributed by atoms with Crippen LogP contribution in [0.1, 0.15) is 48.2 Å². The zero-order valence-corrected chi connectivity index (χ0v) is 24.7. The number of aromatic nitrogens is 1. The van der Waals surface area contributed by atoms with Crippen LogP contribution in [0.4, 0.5) is 36.1 Å². The van der Waals surface area contributed by atoms with E-state index in [0.29, 0.717) is 35.9 Å². The molecule has 0 bridgehead atoms. The van der Waals surface area contributed by atoms with Gasteiger partial charge < -0.3 is 20.4 Å². The number of rotatable bonds is 7. The quantitative estimate of drug-likeness (QED) is 0.386. The number of nitriles is 1. The molecule has 0 saturated carbocycles. The molecule has 2 saturated heterocycles. The Morgan fingerprint density at radius 1 is 1.05 bits per heavy atom. The number of likely N-dealkylation sites (tertiary alicyclic amines) is 1. The lowest BCUT2D eigenvalue weighted by Gasteiger charge is -2.49. The van der Waals surface area contributed by atoms with Crippen LogP contribution >= 0.6 is 0 Å². The summed E-state index contributed by atoms with van der Waals surface area (Å²) in [6.07, 6.45) is -1.28. The lowest BCUT2D eigenvalue weighted by Crippen LogP contribution is -2.61. The predicted molar refractivity (Wildman–Crippen MR) is 161 cm³/mol. The van der Waals surface area contributed by atoms with E-state index in [1.165, 1.54) is 6.20 Å². The third-order valence-electron chi connectivity index (χ3n) is 8.48. The molecule has 1 amide bonds. The summed E-state index contributed by atoms with van der Waals surface area (Å²) in [4.78, 5) is 48.1. The fourth-order valence-electron chi connectivity index (χ4n) is 6.18. The molecular formula is C31H34F3N7O3. The number of alkyl halides is 3. The smallest absolute Gasteiger partial charge is 0.371 e. The number of aryl methyl sites for hydroxylation is 1. The first-order valence-corrected chi connectivity index (χ1v) is 14.6. The van der Waals surface area contributed by atoms with Crippen LogP contribution in [0.15, 0.2) is 46.1 Å². The molecule has 2 fully saturated rings. The molecule has 44 heavy (non-hydrogen) atoms. The number of hydrogen-bond donors (Lipinski definition) is 2. The van der Waals surface area contributed by atoms with Crippen LogP contribution in [-0.4, -0.2) is 77.7 Å². The van der Waals surface area contributed by atoms with Crippen LogP contribution in [0.25, 0.3) is 0 Å². The summed E-state index contributed by atoms with van der Waals surface area (Å²) in [5.41, 5.74) is -0.108. The molecule has 2 N–H and O–H groups in total. The molecule has 232 valence electrons. The third kappa shape index (κ3) is 6.40. The van der Waals surface area contributed by atoms with Gasteiger partial charge in [-0.25, -0.2) is 4.98 Å². The van der Waals surface area contributed by atoms with E-state index >= 15 is 0 Å². The van der Waals surface area contributed by atoms with E-state index in [1.54, 1.807) is 30.3 Å². The summed E-state index contributed by atoms with van der Waals surface area (Å²) in [5.74, 6) is 0.759. The van der Waals surface area contributed by atoms with E-state index in [9.17, 15) is 27.6 Å². The van der Waals surface area contributed by atoms with Gasteiger partial charge in [0.2, 0.25) is 0 Å². The second-order valence-electron chi connectivity index (χ2n) is 11.6. The Balaban J connectivity index is 1.19. The first-order chi connectivity index (χ1) is 20.9. The Morgan fingerprint density at radius 2 is 1.70 bits per heavy atom. The van der Waals surface area contributed by atoms with Crippen LogP contribution < -0.4 is 26.4 Å². The molecule has 2 aliphatic heterocycles. The zero-order chi connectivity index (χ0) is 31.8. The summed E-state index contributed by atoms with van der Waals surface area (Å²) in [7, 11) is 0. The lowest BCUT2D eigenvalue weighted by molar-refractivity contribution is -0.115. The molecule has 3 aromatic rings. The van der Waals surface area contributed by atoms with Crippen molar-refractivity contribution in [2.75, 3.05) is 48.3 Å². The fourth-order valence-corrected chi connectivity index (χ4v) is 6.18. The highest BCUT2D eigenvalue weighted by Gasteiger charge is 2.36. The van der Waals surface area contributed by atoms with Crippen LogP contribution in [-0.2, 0) is 0 Å². The second-order valence-corrected chi connectivity index (χ2v) is 11.6. The summed E-state index contributed by atoms with van der Waals surface area (Å²) < 4.78 is 37.8. The van der Waals surface area contributed by atoms with E-state index < -0.39 is 23.6 Å². The number of pyridine rings is 1. The molecular weight excluding hydrogens is 575 g/mol. The van der Waals surface area contributed by atoms with Gasteiger partial charge in [0, 0.05) is 49.9 Å². The van der Waals surface area contributed by atoms with Crippen LogP contribution in [0, 0.1) is 18.3 Å². The zero-order valence-electron chi connectivity index (χ0n) is 24.7. The van der Waals surface area contributed by atoms with Gasteiger partial charge in [0.1, 0.15) is 23.7 Å². The largest absolute Gasteiger partial charge is 0.405 e. The third-order valence-corrected chi connectivity index (χ3v) is 8.48. The Morgan fingerprint density at radius 3 is 2.32 bits per heavy atom. The lowest BCUT2D eigenvalue weighted by atomic mass is 9.97. The maximum absolute atomic E-state index is 13.0. The molecule has 0 aliphatic carbocycles. The summed E-state index contributed by atoms with van der Waals surface area (Å²) in [5, 5.41) is 13.8. The van der Waals surface area contributed by atoms with Crippen LogP contribution in [0.2, 0.25) is 0 Å². The van der Waals surface area contributed by atoms with Gasteiger partial charge >= 0.3 is 6.18 Å². The number of halogens is 3. The minimum atomic E-state index is -4.53. The first-order valence-electron chi connectivity index (χ1n) is 14.6. The molecule has 2 aliphatic rings. The molecule has 0 spiro atoms. The van der Waals surface area contributed by atoms with Gasteiger partial charge in [-0.15, -0.1) is 0 Å². The molecule has 3 heterocycles. The molecule has 10 nitrogen and oxygen atoms in total. The van der Waals surface area contributed by atoms with E-state index in [-0.39, 0.29) is 29.4 Å². The Hall–Kier alpha value is -4.44. The van der Waals surface area contributed by atoms with Crippen molar-refractivity contribution in [3.05, 3.63) is 73.7 Å². The highest BCUT2D eigenvalue weighted by molar-refractivity contribution is 5.94. The Bertz CT molecular complexity index is 1640. The van der Waals surface area contributed by atoms with Crippen molar-refractivity contribution in [3.8, 4) is 6.07 Å². The molecule has 2 aromatic carbocycles. The standard InChI is InChI=1S/C31H34F3N7O3/c1-18-12-23(38-26-25(27(42)28(26)43)37-17-31(32,33)34)14-36-29(18)41-16-19(2)40(15-20(41)3)24-8-10-39(11-9-24)30(44)22-6-4-21(13-35)5-7-22/h4-7,12,14,19-20,24,37-38H,8-11,15-17H2,1-3H3/t19-,20+/m1/s1. The van der Waals surface area contributed by atoms with Crippen molar-refractivity contribution >= 4 is 28.8 Å². The van der Waals surface area contributed by atoms with Gasteiger partial charge in [-0.2, -0.15) is 18.4 Å². The number of piperidine rings is 1. The number of carbonyl (C=O) groups is 1. The predicted octanol–water partition coefficient (Wildman–Crippen LogP) is 3.78. The van der Waals surface area contributed by atoms with Gasteiger partial charge in [-0.05, 0) is 69.5 Å². The van der Waals surface area contributed by atoms with E-state index in [0.717, 1.165) is 37.3 Å². The van der Waals surface area contributed by atoms with Crippen LogP contribution in [0.5, 0.6) is 0 Å². The average molecular weight is 610 g/mol. The topological polar surface area (TPSA) is 122 Å². The second kappa shape index (κ2) is 12.3. The molecule has 5 rings (SSSR count). The highest BCUT2D eigenvalue weighted by Crippen LogP contribution is 2.31. The van der Waals surface area contributed by atoms with E-state index in [2.05, 4.69) is 40.0 Å². The molecule has 0 radical (unpaired) electrons. The Kier molecular flexibility index (Phi) is 8.65. The monoisotopic (exact) mass is 609 g/mol. The van der Waals surface area contributed by atoms with Crippen LogP contribution in [0.3, 0.4) is 0 Å². The minimum absolute atomic E-state index is 0.0166. The summed E-state index contributed by atoms with van der Waals surface area (Å²) in [6.45, 7) is 7.65. The van der Waals surface area contributed by atoms with Crippen molar-refractivity contribution < 1.29 is 18.0 Å². The summed E-state index contributed by atoms with van der Waals surface area (Å²) >= 11 is 0. The number of carbonyl (C=O) groups excluding carboxylic acids is 1. The Labute approximate surface area is 252 Å². The SMILES string of the molecule is Cc1cc(Nc2c(NCC(F)(F)F)c(=O)c2=O)cnc1N1C[C@@H](C)N(C2CCN(C(=O)c3ccc(C#N)cc3)CC2)C[C@@H]1C. The first kappa shape index (κ1) is 31.0. The number of amides is 1. The van der Waals surface area contributed by atoms with Gasteiger partial charge in [-0.1, -0.05) is 0 Å². The molecule has 0 unspecified atom stereocenters. The highest BCUT2D eigenvalue weighted by atomic mass is 19.4. The van der Waals surface area contributed by atoms with E-state index in [1.807, 2.05) is 17.1 Å². The number of anilines is 4. The number of hydrogen-bond acceptors (Lipinski definition) is 9. The maximum atomic E-state index is 13.0. The number of nitrogens with zero attached hydrogens (tertiary/aromatic N) is 5. The molecule has 13 heteroatoms. The van der Waals surface area contributed by atoms with Gasteiger partial charge in [-0.3, -0.25) is 19.3 Å². The maximum Gasteiger partial charge on any atom is 0.405 e. The van der Waals surface area contributed by atoms with Crippen molar-refractivity contribution in [2.45, 2.75) is 57.9 Å². The van der Waals surface area contributed by atoms with Crippen molar-refractivity contribution in [1.82, 2.24) is 14.8 Å². The van der Waals surface area contributed by atoms with Gasteiger partial charge in [0.05, 0.1) is 23.5 Å². The summed E-state index contributed by atoms with van der Waals surface area (Å²) in [6, 6.07) is 11.3.